The first-order valence-corrected chi connectivity index (χ1v) is 4.91. The van der Waals surface area contributed by atoms with E-state index in [9.17, 15) is 4.79 Å². The Balaban J connectivity index is 2.21. The lowest BCUT2D eigenvalue weighted by Gasteiger charge is -1.98. The van der Waals surface area contributed by atoms with Crippen LogP contribution in [-0.2, 0) is 7.05 Å². The molecular weight excluding hydrogens is 220 g/mol. The van der Waals surface area contributed by atoms with Gasteiger partial charge in [-0.3, -0.25) is 9.48 Å². The summed E-state index contributed by atoms with van der Waals surface area (Å²) in [5.41, 5.74) is 0.309. The number of carbonyl (C=O) groups excluding carboxylic acids is 1. The van der Waals surface area contributed by atoms with Crippen LogP contribution >= 0.6 is 0 Å². The zero-order chi connectivity index (χ0) is 12.4. The van der Waals surface area contributed by atoms with Gasteiger partial charge >= 0.3 is 0 Å². The second-order valence-electron chi connectivity index (χ2n) is 3.54. The molecule has 0 aliphatic heterocycles. The Bertz CT molecular complexity index is 603. The Kier molecular flexibility index (Phi) is 2.66. The number of amides is 1. The number of aryl methyl sites for hydroxylation is 2. The van der Waals surface area contributed by atoms with Gasteiger partial charge < -0.3 is 9.73 Å². The highest BCUT2D eigenvalue weighted by atomic mass is 16.3. The lowest BCUT2D eigenvalue weighted by Crippen LogP contribution is -2.12. The fourth-order valence-electron chi connectivity index (χ4n) is 1.39. The van der Waals surface area contributed by atoms with Crippen LogP contribution in [0.2, 0.25) is 0 Å². The topological polar surface area (TPSA) is 83.9 Å². The minimum Gasteiger partial charge on any atom is -0.456 e. The molecule has 1 amide bonds. The van der Waals surface area contributed by atoms with Crippen molar-refractivity contribution in [2.24, 2.45) is 7.05 Å². The molecule has 0 fully saturated rings. The number of hydrogen-bond donors (Lipinski definition) is 1. The number of aromatic nitrogens is 2. The number of nitrogens with one attached hydrogen (secondary N) is 1. The van der Waals surface area contributed by atoms with Crippen molar-refractivity contribution >= 4 is 11.7 Å². The third-order valence-electron chi connectivity index (χ3n) is 2.15. The van der Waals surface area contributed by atoms with Crippen LogP contribution in [0.3, 0.4) is 0 Å². The van der Waals surface area contributed by atoms with Crippen molar-refractivity contribution in [3.8, 4) is 6.07 Å². The Morgan fingerprint density at radius 1 is 1.59 bits per heavy atom. The maximum atomic E-state index is 11.7. The van der Waals surface area contributed by atoms with Gasteiger partial charge in [-0.25, -0.2) is 0 Å². The van der Waals surface area contributed by atoms with E-state index in [1.165, 1.54) is 10.9 Å². The predicted molar refractivity (Wildman–Crippen MR) is 59.3 cm³/mol. The molecule has 0 aromatic carbocycles. The highest BCUT2D eigenvalue weighted by molar-refractivity contribution is 6.02. The average molecular weight is 230 g/mol. The number of nitrogens with zero attached hydrogens (tertiary/aromatic N) is 3. The number of anilines is 1. The maximum absolute atomic E-state index is 11.7. The number of carbonyl (C=O) groups is 1. The zero-order valence-electron chi connectivity index (χ0n) is 9.39. The fraction of sp³-hybridized carbons (Fsp3) is 0.182. The van der Waals surface area contributed by atoms with Gasteiger partial charge in [0.25, 0.3) is 5.91 Å². The maximum Gasteiger partial charge on any atom is 0.292 e. The van der Waals surface area contributed by atoms with Crippen LogP contribution in [-0.4, -0.2) is 15.7 Å². The van der Waals surface area contributed by atoms with Crippen LogP contribution < -0.4 is 5.32 Å². The van der Waals surface area contributed by atoms with E-state index in [0.717, 1.165) is 0 Å². The van der Waals surface area contributed by atoms with Crippen molar-refractivity contribution in [2.75, 3.05) is 5.32 Å². The smallest absolute Gasteiger partial charge is 0.292 e. The average Bonchev–Trinajstić information content (AvgIpc) is 2.85. The Hall–Kier alpha value is -2.55. The number of nitriles is 1. The van der Waals surface area contributed by atoms with Gasteiger partial charge in [-0.15, -0.1) is 0 Å². The second kappa shape index (κ2) is 4.14. The second-order valence-corrected chi connectivity index (χ2v) is 3.54. The van der Waals surface area contributed by atoms with E-state index in [1.807, 2.05) is 6.07 Å². The van der Waals surface area contributed by atoms with Crippen LogP contribution in [0, 0.1) is 18.3 Å². The molecule has 0 bridgehead atoms. The largest absolute Gasteiger partial charge is 0.456 e. The predicted octanol–water partition coefficient (Wildman–Crippen LogP) is 1.45. The van der Waals surface area contributed by atoms with Crippen molar-refractivity contribution in [1.29, 1.82) is 5.26 Å². The monoisotopic (exact) mass is 230 g/mol. The zero-order valence-corrected chi connectivity index (χ0v) is 9.39. The Morgan fingerprint density at radius 3 is 2.94 bits per heavy atom. The van der Waals surface area contributed by atoms with Crippen molar-refractivity contribution in [3.63, 3.8) is 0 Å². The van der Waals surface area contributed by atoms with Gasteiger partial charge in [-0.05, 0) is 19.1 Å². The van der Waals surface area contributed by atoms with Crippen molar-refractivity contribution in [1.82, 2.24) is 9.78 Å². The number of furan rings is 1. The van der Waals surface area contributed by atoms with E-state index >= 15 is 0 Å². The van der Waals surface area contributed by atoms with E-state index in [-0.39, 0.29) is 11.6 Å². The van der Waals surface area contributed by atoms with E-state index in [0.29, 0.717) is 11.3 Å². The lowest BCUT2D eigenvalue weighted by molar-refractivity contribution is 0.0995. The molecule has 0 aliphatic carbocycles. The Labute approximate surface area is 97.5 Å². The molecule has 0 unspecified atom stereocenters. The quantitative estimate of drug-likeness (QED) is 0.846. The van der Waals surface area contributed by atoms with Crippen LogP contribution in [0.25, 0.3) is 0 Å². The van der Waals surface area contributed by atoms with Crippen molar-refractivity contribution < 1.29 is 9.21 Å². The Morgan fingerprint density at radius 2 is 2.35 bits per heavy atom. The van der Waals surface area contributed by atoms with Crippen LogP contribution in [0.1, 0.15) is 21.9 Å². The molecule has 0 atom stereocenters. The molecule has 2 aromatic heterocycles. The molecule has 6 nitrogen and oxygen atoms in total. The molecule has 2 aromatic rings. The van der Waals surface area contributed by atoms with Gasteiger partial charge in [0.05, 0.1) is 0 Å². The van der Waals surface area contributed by atoms with Crippen molar-refractivity contribution in [3.05, 3.63) is 35.4 Å². The van der Waals surface area contributed by atoms with E-state index in [1.54, 1.807) is 26.1 Å². The fourth-order valence-corrected chi connectivity index (χ4v) is 1.39. The molecule has 1 N–H and O–H groups in total. The molecule has 0 radical (unpaired) electrons. The molecular formula is C11H10N4O2. The molecule has 0 aliphatic rings. The summed E-state index contributed by atoms with van der Waals surface area (Å²) in [6.45, 7) is 1.75. The highest BCUT2D eigenvalue weighted by Gasteiger charge is 2.14. The van der Waals surface area contributed by atoms with E-state index in [4.69, 9.17) is 9.68 Å². The summed E-state index contributed by atoms with van der Waals surface area (Å²) in [5.74, 6) is 0.649. The highest BCUT2D eigenvalue weighted by Crippen LogP contribution is 2.13. The molecule has 0 saturated carbocycles. The summed E-state index contributed by atoms with van der Waals surface area (Å²) in [5, 5.41) is 15.3. The minimum atomic E-state index is -0.423. The first-order chi connectivity index (χ1) is 8.10. The first kappa shape index (κ1) is 11.0. The summed E-state index contributed by atoms with van der Waals surface area (Å²) < 4.78 is 6.63. The van der Waals surface area contributed by atoms with Crippen LogP contribution in [0.15, 0.2) is 22.7 Å². The van der Waals surface area contributed by atoms with E-state index in [2.05, 4.69) is 10.4 Å². The van der Waals surface area contributed by atoms with Gasteiger partial charge in [-0.1, -0.05) is 0 Å². The summed E-state index contributed by atoms with van der Waals surface area (Å²) in [4.78, 5) is 11.7. The first-order valence-electron chi connectivity index (χ1n) is 4.91. The van der Waals surface area contributed by atoms with Gasteiger partial charge in [0.1, 0.15) is 17.4 Å². The van der Waals surface area contributed by atoms with Gasteiger partial charge in [0.15, 0.2) is 11.6 Å². The summed E-state index contributed by atoms with van der Waals surface area (Å²) in [7, 11) is 1.67. The standard InChI is InChI=1S/C11H10N4O2/c1-7-3-4-9(17-7)11(16)13-10-8(5-12)6-15(2)14-10/h3-4,6H,1-2H3,(H,13,14,16). The molecule has 6 heteroatoms. The van der Waals surface area contributed by atoms with E-state index < -0.39 is 5.91 Å². The number of hydrogen-bond acceptors (Lipinski definition) is 4. The van der Waals surface area contributed by atoms with Gasteiger partial charge in [0, 0.05) is 13.2 Å². The SMILES string of the molecule is Cc1ccc(C(=O)Nc2nn(C)cc2C#N)o1. The summed E-state index contributed by atoms with van der Waals surface area (Å²) >= 11 is 0. The minimum absolute atomic E-state index is 0.192. The molecule has 2 rings (SSSR count). The van der Waals surface area contributed by atoms with Gasteiger partial charge in [-0.2, -0.15) is 10.4 Å². The lowest BCUT2D eigenvalue weighted by atomic mass is 10.3. The van der Waals surface area contributed by atoms with Crippen molar-refractivity contribution in [2.45, 2.75) is 6.92 Å². The third-order valence-corrected chi connectivity index (χ3v) is 2.15. The molecule has 17 heavy (non-hydrogen) atoms. The van der Waals surface area contributed by atoms with Crippen LogP contribution in [0.5, 0.6) is 0 Å². The van der Waals surface area contributed by atoms with Crippen LogP contribution in [0.4, 0.5) is 5.82 Å². The van der Waals surface area contributed by atoms with Gasteiger partial charge in [0.2, 0.25) is 0 Å². The summed E-state index contributed by atoms with van der Waals surface area (Å²) in [6, 6.07) is 5.21. The third kappa shape index (κ3) is 2.18. The normalized spacial score (nSPS) is 9.94. The molecule has 0 saturated heterocycles. The molecule has 86 valence electrons. The molecule has 2 heterocycles. The summed E-state index contributed by atoms with van der Waals surface area (Å²) in [6.07, 6.45) is 1.53. The molecule has 0 spiro atoms. The number of rotatable bonds is 2.